The van der Waals surface area contributed by atoms with Crippen molar-refractivity contribution in [3.05, 3.63) is 11.9 Å². The molecule has 20 heavy (non-hydrogen) atoms. The first kappa shape index (κ1) is 15.0. The molecular formula is C14H24N4O2. The molecular weight excluding hydrogens is 256 g/mol. The lowest BCUT2D eigenvalue weighted by molar-refractivity contribution is 0.0314. The molecule has 0 saturated carbocycles. The second kappa shape index (κ2) is 6.85. The van der Waals surface area contributed by atoms with E-state index in [2.05, 4.69) is 27.5 Å². The number of aromatic nitrogens is 2. The summed E-state index contributed by atoms with van der Waals surface area (Å²) in [5.74, 6) is 2.29. The van der Waals surface area contributed by atoms with Crippen molar-refractivity contribution >= 4 is 11.6 Å². The second-order valence-corrected chi connectivity index (χ2v) is 5.27. The maximum Gasteiger partial charge on any atom is 0.158 e. The predicted octanol–water partition coefficient (Wildman–Crippen LogP) is 2.04. The Labute approximate surface area is 120 Å². The van der Waals surface area contributed by atoms with Crippen LogP contribution < -0.4 is 10.6 Å². The number of ether oxygens (including phenoxy) is 2. The van der Waals surface area contributed by atoms with Gasteiger partial charge in [0.05, 0.1) is 5.60 Å². The summed E-state index contributed by atoms with van der Waals surface area (Å²) in [7, 11) is 1.64. The molecule has 0 aromatic carbocycles. The van der Waals surface area contributed by atoms with Gasteiger partial charge in [-0.1, -0.05) is 0 Å². The molecule has 1 saturated heterocycles. The molecule has 112 valence electrons. The zero-order valence-corrected chi connectivity index (χ0v) is 12.5. The van der Waals surface area contributed by atoms with Gasteiger partial charge in [0.1, 0.15) is 18.2 Å². The molecule has 1 fully saturated rings. The van der Waals surface area contributed by atoms with Crippen molar-refractivity contribution in [1.82, 2.24) is 9.97 Å². The van der Waals surface area contributed by atoms with Gasteiger partial charge in [0, 0.05) is 32.9 Å². The molecule has 2 rings (SSSR count). The van der Waals surface area contributed by atoms with Crippen molar-refractivity contribution in [3.8, 4) is 0 Å². The highest BCUT2D eigenvalue weighted by molar-refractivity contribution is 5.47. The number of hydrogen-bond donors (Lipinski definition) is 2. The Balaban J connectivity index is 2.05. The van der Waals surface area contributed by atoms with E-state index in [0.29, 0.717) is 12.4 Å². The van der Waals surface area contributed by atoms with Crippen LogP contribution in [0, 0.1) is 0 Å². The van der Waals surface area contributed by atoms with Crippen LogP contribution in [0.3, 0.4) is 0 Å². The first-order chi connectivity index (χ1) is 9.65. The summed E-state index contributed by atoms with van der Waals surface area (Å²) in [6.45, 7) is 7.00. The summed E-state index contributed by atoms with van der Waals surface area (Å²) in [4.78, 5) is 8.85. The maximum atomic E-state index is 5.77. The zero-order valence-electron chi connectivity index (χ0n) is 12.5. The highest BCUT2D eigenvalue weighted by atomic mass is 16.5. The molecule has 2 N–H and O–H groups in total. The number of rotatable bonds is 7. The van der Waals surface area contributed by atoms with E-state index in [0.717, 1.165) is 44.2 Å². The van der Waals surface area contributed by atoms with Crippen LogP contribution in [0.15, 0.2) is 6.07 Å². The Morgan fingerprint density at radius 1 is 1.35 bits per heavy atom. The second-order valence-electron chi connectivity index (χ2n) is 5.27. The van der Waals surface area contributed by atoms with Crippen molar-refractivity contribution in [2.24, 2.45) is 0 Å². The summed E-state index contributed by atoms with van der Waals surface area (Å²) in [5, 5.41) is 6.56. The lowest BCUT2D eigenvalue weighted by Crippen LogP contribution is -2.32. The van der Waals surface area contributed by atoms with Crippen molar-refractivity contribution in [3.63, 3.8) is 0 Å². The van der Waals surface area contributed by atoms with E-state index in [1.165, 1.54) is 0 Å². The third-order valence-corrected chi connectivity index (χ3v) is 3.35. The van der Waals surface area contributed by atoms with Crippen LogP contribution in [0.1, 0.15) is 32.5 Å². The summed E-state index contributed by atoms with van der Waals surface area (Å²) in [6.07, 6.45) is 2.20. The Bertz CT molecular complexity index is 409. The average Bonchev–Trinajstić information content (AvgIpc) is 2.85. The molecule has 0 amide bonds. The van der Waals surface area contributed by atoms with Crippen LogP contribution in [0.4, 0.5) is 11.6 Å². The van der Waals surface area contributed by atoms with Crippen LogP contribution >= 0.6 is 0 Å². The molecule has 1 aliphatic heterocycles. The van der Waals surface area contributed by atoms with Gasteiger partial charge in [0.25, 0.3) is 0 Å². The van der Waals surface area contributed by atoms with Gasteiger partial charge in [0.2, 0.25) is 0 Å². The van der Waals surface area contributed by atoms with E-state index in [9.17, 15) is 0 Å². The summed E-state index contributed by atoms with van der Waals surface area (Å²) < 4.78 is 10.9. The largest absolute Gasteiger partial charge is 0.377 e. The number of nitrogens with zero attached hydrogens (tertiary/aromatic N) is 2. The maximum absolute atomic E-state index is 5.77. The fourth-order valence-corrected chi connectivity index (χ4v) is 2.31. The Morgan fingerprint density at radius 2 is 2.10 bits per heavy atom. The van der Waals surface area contributed by atoms with E-state index in [-0.39, 0.29) is 5.60 Å². The fraction of sp³-hybridized carbons (Fsp3) is 0.714. The average molecular weight is 280 g/mol. The Kier molecular flexibility index (Phi) is 5.14. The van der Waals surface area contributed by atoms with E-state index >= 15 is 0 Å². The number of hydrogen-bond acceptors (Lipinski definition) is 6. The number of methoxy groups -OCH3 is 1. The van der Waals surface area contributed by atoms with Crippen molar-refractivity contribution in [1.29, 1.82) is 0 Å². The third kappa shape index (κ3) is 4.05. The molecule has 0 bridgehead atoms. The molecule has 2 heterocycles. The normalized spacial score (nSPS) is 21.9. The van der Waals surface area contributed by atoms with Crippen molar-refractivity contribution in [2.75, 3.05) is 37.4 Å². The van der Waals surface area contributed by atoms with Gasteiger partial charge in [-0.05, 0) is 26.7 Å². The topological polar surface area (TPSA) is 68.3 Å². The van der Waals surface area contributed by atoms with Gasteiger partial charge in [-0.3, -0.25) is 0 Å². The molecule has 1 unspecified atom stereocenters. The van der Waals surface area contributed by atoms with Crippen LogP contribution in [0.25, 0.3) is 0 Å². The molecule has 1 aromatic heterocycles. The smallest absolute Gasteiger partial charge is 0.158 e. The van der Waals surface area contributed by atoms with Gasteiger partial charge in [0.15, 0.2) is 5.82 Å². The Morgan fingerprint density at radius 3 is 2.70 bits per heavy atom. The Hall–Kier alpha value is -1.40. The molecule has 0 aliphatic carbocycles. The van der Waals surface area contributed by atoms with E-state index in [4.69, 9.17) is 9.47 Å². The number of nitrogens with one attached hydrogen (secondary N) is 2. The van der Waals surface area contributed by atoms with Crippen LogP contribution in [-0.4, -0.2) is 42.4 Å². The molecule has 0 radical (unpaired) electrons. The van der Waals surface area contributed by atoms with Crippen LogP contribution in [0.5, 0.6) is 0 Å². The molecule has 1 aromatic rings. The summed E-state index contributed by atoms with van der Waals surface area (Å²) >= 11 is 0. The lowest BCUT2D eigenvalue weighted by atomic mass is 10.0. The fourth-order valence-electron chi connectivity index (χ4n) is 2.31. The third-order valence-electron chi connectivity index (χ3n) is 3.35. The lowest BCUT2D eigenvalue weighted by Gasteiger charge is -2.23. The van der Waals surface area contributed by atoms with Crippen molar-refractivity contribution < 1.29 is 9.47 Å². The van der Waals surface area contributed by atoms with E-state index < -0.39 is 0 Å². The van der Waals surface area contributed by atoms with Gasteiger partial charge >= 0.3 is 0 Å². The standard InChI is InChI=1S/C14H24N4O2/c1-4-15-11-8-12(18-13(17-11)9-19-3)16-10-14(2)6-5-7-20-14/h8H,4-7,9-10H2,1-3H3,(H2,15,16,17,18). The minimum atomic E-state index is -0.0925. The van der Waals surface area contributed by atoms with Crippen LogP contribution in [-0.2, 0) is 16.1 Å². The minimum Gasteiger partial charge on any atom is -0.377 e. The first-order valence-corrected chi connectivity index (χ1v) is 7.14. The van der Waals surface area contributed by atoms with Gasteiger partial charge in [-0.25, -0.2) is 9.97 Å². The summed E-state index contributed by atoms with van der Waals surface area (Å²) in [5.41, 5.74) is -0.0925. The number of anilines is 2. The molecule has 0 spiro atoms. The van der Waals surface area contributed by atoms with Gasteiger partial charge in [-0.2, -0.15) is 0 Å². The summed E-state index contributed by atoms with van der Waals surface area (Å²) in [6, 6.07) is 1.92. The van der Waals surface area contributed by atoms with E-state index in [1.807, 2.05) is 13.0 Å². The zero-order chi connectivity index (χ0) is 14.4. The molecule has 1 aliphatic rings. The van der Waals surface area contributed by atoms with Gasteiger partial charge in [-0.15, -0.1) is 0 Å². The van der Waals surface area contributed by atoms with Gasteiger partial charge < -0.3 is 20.1 Å². The van der Waals surface area contributed by atoms with Crippen LogP contribution in [0.2, 0.25) is 0 Å². The highest BCUT2D eigenvalue weighted by Crippen LogP contribution is 2.25. The molecule has 6 nitrogen and oxygen atoms in total. The first-order valence-electron chi connectivity index (χ1n) is 7.14. The monoisotopic (exact) mass is 280 g/mol. The predicted molar refractivity (Wildman–Crippen MR) is 79.0 cm³/mol. The quantitative estimate of drug-likeness (QED) is 0.796. The SMILES string of the molecule is CCNc1cc(NCC2(C)CCCO2)nc(COC)n1. The molecule has 6 heteroatoms. The molecule has 1 atom stereocenters. The van der Waals surface area contributed by atoms with Crippen molar-refractivity contribution in [2.45, 2.75) is 38.9 Å². The van der Waals surface area contributed by atoms with E-state index in [1.54, 1.807) is 7.11 Å². The highest BCUT2D eigenvalue weighted by Gasteiger charge is 2.29. The minimum absolute atomic E-state index is 0.0925.